The summed E-state index contributed by atoms with van der Waals surface area (Å²) in [4.78, 5) is 31.5. The Morgan fingerprint density at radius 3 is 2.50 bits per heavy atom. The molecule has 32 heavy (non-hydrogen) atoms. The fraction of sp³-hybridized carbons (Fsp3) is 0.522. The van der Waals surface area contributed by atoms with Crippen LogP contribution in [0.3, 0.4) is 0 Å². The van der Waals surface area contributed by atoms with E-state index in [1.165, 1.54) is 11.3 Å². The van der Waals surface area contributed by atoms with Gasteiger partial charge in [0.15, 0.2) is 14.9 Å². The minimum Gasteiger partial charge on any atom is -0.486 e. The lowest BCUT2D eigenvalue weighted by atomic mass is 9.84. The second-order valence-electron chi connectivity index (χ2n) is 8.64. The van der Waals surface area contributed by atoms with E-state index in [1.54, 1.807) is 44.5 Å². The first kappa shape index (κ1) is 22.9. The number of thiazole rings is 1. The molecule has 1 aliphatic heterocycles. The number of aromatic nitrogens is 1. The number of sulfone groups is 1. The van der Waals surface area contributed by atoms with Crippen LogP contribution in [0.15, 0.2) is 35.4 Å². The summed E-state index contributed by atoms with van der Waals surface area (Å²) in [6.45, 7) is 2.93. The van der Waals surface area contributed by atoms with Crippen molar-refractivity contribution < 1.29 is 22.7 Å². The maximum Gasteiger partial charge on any atom is 0.219 e. The number of Topliss-reactive ketones (excluding diaryl/α,β-unsaturated/α-hetero) is 1. The molecule has 1 amide bonds. The molecule has 172 valence electrons. The van der Waals surface area contributed by atoms with E-state index in [2.05, 4.69) is 4.98 Å². The summed E-state index contributed by atoms with van der Waals surface area (Å²) in [6.07, 6.45) is 4.74. The third-order valence-electron chi connectivity index (χ3n) is 6.32. The van der Waals surface area contributed by atoms with Gasteiger partial charge in [-0.15, -0.1) is 0 Å². The smallest absolute Gasteiger partial charge is 0.219 e. The third-order valence-corrected chi connectivity index (χ3v) is 9.56. The van der Waals surface area contributed by atoms with Gasteiger partial charge in [0.2, 0.25) is 5.91 Å². The number of ketones is 1. The van der Waals surface area contributed by atoms with E-state index in [0.717, 1.165) is 24.8 Å². The summed E-state index contributed by atoms with van der Waals surface area (Å²) in [5, 5.41) is 1.09. The van der Waals surface area contributed by atoms with E-state index in [0.29, 0.717) is 34.5 Å². The number of rotatable bonds is 9. The molecule has 2 aliphatic rings. The van der Waals surface area contributed by atoms with Gasteiger partial charge in [0.1, 0.15) is 10.8 Å². The lowest BCUT2D eigenvalue weighted by molar-refractivity contribution is -0.127. The molecule has 0 unspecified atom stereocenters. The highest BCUT2D eigenvalue weighted by Gasteiger charge is 2.37. The second kappa shape index (κ2) is 9.31. The number of nitrogens with zero attached hydrogens (tertiary/aromatic N) is 2. The van der Waals surface area contributed by atoms with Crippen LogP contribution in [-0.4, -0.2) is 55.4 Å². The zero-order valence-electron chi connectivity index (χ0n) is 18.3. The Kier molecular flexibility index (Phi) is 6.67. The van der Waals surface area contributed by atoms with E-state index in [1.807, 2.05) is 4.90 Å². The number of ether oxygens (including phenoxy) is 1. The highest BCUT2D eigenvalue weighted by Crippen LogP contribution is 2.36. The molecule has 7 nitrogen and oxygen atoms in total. The summed E-state index contributed by atoms with van der Waals surface area (Å²) in [5.41, 5.74) is 0.814. The SMILES string of the molecule is COc1cnc(CC(=O)[C@H](C[C@H]2CCN(C(C)=O)C2)c2ccc(S(=O)(=O)C3CC3)cc2)s1. The van der Waals surface area contributed by atoms with Crippen molar-refractivity contribution in [2.75, 3.05) is 20.2 Å². The van der Waals surface area contributed by atoms with E-state index in [-0.39, 0.29) is 35.2 Å². The van der Waals surface area contributed by atoms with E-state index < -0.39 is 9.84 Å². The monoisotopic (exact) mass is 476 g/mol. The largest absolute Gasteiger partial charge is 0.486 e. The normalized spacial score (nSPS) is 19.7. The van der Waals surface area contributed by atoms with Crippen molar-refractivity contribution in [1.29, 1.82) is 0 Å². The van der Waals surface area contributed by atoms with Crippen molar-refractivity contribution in [1.82, 2.24) is 9.88 Å². The van der Waals surface area contributed by atoms with Gasteiger partial charge in [-0.2, -0.15) is 0 Å². The molecular formula is C23H28N2O5S2. The Bertz CT molecular complexity index is 1090. The van der Waals surface area contributed by atoms with Gasteiger partial charge in [0.25, 0.3) is 0 Å². The van der Waals surface area contributed by atoms with Crippen molar-refractivity contribution in [2.45, 2.75) is 55.1 Å². The van der Waals surface area contributed by atoms with Crippen molar-refractivity contribution >= 4 is 32.9 Å². The molecule has 1 saturated carbocycles. The van der Waals surface area contributed by atoms with Crippen LogP contribution in [0.1, 0.15) is 49.1 Å². The Balaban J connectivity index is 1.55. The molecule has 0 bridgehead atoms. The summed E-state index contributed by atoms with van der Waals surface area (Å²) < 4.78 is 30.3. The number of carbonyl (C=O) groups excluding carboxylic acids is 2. The summed E-state index contributed by atoms with van der Waals surface area (Å²) >= 11 is 1.35. The summed E-state index contributed by atoms with van der Waals surface area (Å²) in [6, 6.07) is 6.81. The quantitative estimate of drug-likeness (QED) is 0.552. The van der Waals surface area contributed by atoms with Gasteiger partial charge in [0, 0.05) is 25.9 Å². The van der Waals surface area contributed by atoms with Crippen LogP contribution in [-0.2, 0) is 25.8 Å². The number of methoxy groups -OCH3 is 1. The number of benzene rings is 1. The van der Waals surface area contributed by atoms with Gasteiger partial charge in [-0.25, -0.2) is 13.4 Å². The Morgan fingerprint density at radius 2 is 1.94 bits per heavy atom. The van der Waals surface area contributed by atoms with Gasteiger partial charge < -0.3 is 9.64 Å². The van der Waals surface area contributed by atoms with Crippen LogP contribution < -0.4 is 4.74 Å². The highest BCUT2D eigenvalue weighted by atomic mass is 32.2. The lowest BCUT2D eigenvalue weighted by Crippen LogP contribution is -2.26. The van der Waals surface area contributed by atoms with E-state index in [4.69, 9.17) is 4.74 Å². The zero-order valence-corrected chi connectivity index (χ0v) is 20.0. The first-order valence-electron chi connectivity index (χ1n) is 10.9. The Labute approximate surface area is 192 Å². The van der Waals surface area contributed by atoms with Gasteiger partial charge >= 0.3 is 0 Å². The molecule has 9 heteroatoms. The maximum atomic E-state index is 13.3. The average Bonchev–Trinajstić information content (AvgIpc) is 3.37. The molecule has 0 spiro atoms. The fourth-order valence-electron chi connectivity index (χ4n) is 4.30. The highest BCUT2D eigenvalue weighted by molar-refractivity contribution is 7.92. The molecule has 1 aliphatic carbocycles. The first-order valence-corrected chi connectivity index (χ1v) is 13.2. The Hall–Kier alpha value is -2.26. The summed E-state index contributed by atoms with van der Waals surface area (Å²) in [5.74, 6) is -0.0472. The van der Waals surface area contributed by atoms with Crippen molar-refractivity contribution in [3.63, 3.8) is 0 Å². The number of carbonyl (C=O) groups is 2. The van der Waals surface area contributed by atoms with Crippen LogP contribution in [0, 0.1) is 5.92 Å². The number of hydrogen-bond acceptors (Lipinski definition) is 7. The van der Waals surface area contributed by atoms with Gasteiger partial charge in [-0.05, 0) is 49.3 Å². The van der Waals surface area contributed by atoms with Crippen molar-refractivity contribution in [3.05, 3.63) is 41.0 Å². The third kappa shape index (κ3) is 5.04. The molecule has 2 aromatic rings. The fourth-order valence-corrected chi connectivity index (χ4v) is 6.70. The van der Waals surface area contributed by atoms with Gasteiger partial charge in [0.05, 0.1) is 29.9 Å². The molecule has 2 heterocycles. The number of amides is 1. The van der Waals surface area contributed by atoms with Crippen LogP contribution in [0.2, 0.25) is 0 Å². The molecule has 1 aromatic carbocycles. The van der Waals surface area contributed by atoms with Crippen LogP contribution in [0.4, 0.5) is 0 Å². The van der Waals surface area contributed by atoms with Crippen molar-refractivity contribution in [2.24, 2.45) is 5.92 Å². The predicted octanol–water partition coefficient (Wildman–Crippen LogP) is 3.24. The topological polar surface area (TPSA) is 93.6 Å². The van der Waals surface area contributed by atoms with E-state index >= 15 is 0 Å². The molecule has 2 fully saturated rings. The predicted molar refractivity (Wildman–Crippen MR) is 122 cm³/mol. The van der Waals surface area contributed by atoms with Crippen LogP contribution in [0.25, 0.3) is 0 Å². The van der Waals surface area contributed by atoms with Crippen LogP contribution in [0.5, 0.6) is 5.06 Å². The first-order chi connectivity index (χ1) is 15.3. The van der Waals surface area contributed by atoms with E-state index in [9.17, 15) is 18.0 Å². The molecule has 2 atom stereocenters. The molecular weight excluding hydrogens is 448 g/mol. The standard InChI is InChI=1S/C23H28N2O5S2/c1-15(26)25-10-9-16(14-25)11-20(21(27)12-22-24-13-23(30-2)31-22)17-3-5-18(6-4-17)32(28,29)19-7-8-19/h3-6,13,16,19-20H,7-12,14H2,1-2H3/t16-,20-/m1/s1. The molecule has 4 rings (SSSR count). The van der Waals surface area contributed by atoms with Crippen LogP contribution >= 0.6 is 11.3 Å². The minimum absolute atomic E-state index is 0.0427. The summed E-state index contributed by atoms with van der Waals surface area (Å²) in [7, 11) is -1.70. The van der Waals surface area contributed by atoms with Gasteiger partial charge in [-0.3, -0.25) is 9.59 Å². The second-order valence-corrected chi connectivity index (χ2v) is 11.9. The zero-order chi connectivity index (χ0) is 22.9. The number of hydrogen-bond donors (Lipinski definition) is 0. The average molecular weight is 477 g/mol. The molecule has 0 N–H and O–H groups in total. The van der Waals surface area contributed by atoms with Crippen molar-refractivity contribution in [3.8, 4) is 5.06 Å². The molecule has 1 aromatic heterocycles. The van der Waals surface area contributed by atoms with Gasteiger partial charge in [-0.1, -0.05) is 23.5 Å². The molecule has 0 radical (unpaired) electrons. The Morgan fingerprint density at radius 1 is 1.22 bits per heavy atom. The number of likely N-dealkylation sites (tertiary alicyclic amines) is 1. The lowest BCUT2D eigenvalue weighted by Gasteiger charge is -2.21. The maximum absolute atomic E-state index is 13.3. The minimum atomic E-state index is -3.27. The molecule has 1 saturated heterocycles.